The van der Waals surface area contributed by atoms with Gasteiger partial charge in [-0.25, -0.2) is 0 Å². The topological polar surface area (TPSA) is 34.1 Å². The van der Waals surface area contributed by atoms with E-state index < -0.39 is 0 Å². The summed E-state index contributed by atoms with van der Waals surface area (Å²) in [6, 6.07) is 0. The Morgan fingerprint density at radius 1 is 0.844 bits per heavy atom. The van der Waals surface area contributed by atoms with Crippen LogP contribution in [0.1, 0.15) is 120 Å². The van der Waals surface area contributed by atoms with E-state index in [0.717, 1.165) is 18.8 Å². The van der Waals surface area contributed by atoms with Gasteiger partial charge >= 0.3 is 0 Å². The maximum absolute atomic E-state index is 14.1. The normalized spacial score (nSPS) is 46.5. The first-order chi connectivity index (χ1) is 14.8. The summed E-state index contributed by atoms with van der Waals surface area (Å²) in [5.41, 5.74) is -0.120. The molecule has 0 aromatic carbocycles. The van der Waals surface area contributed by atoms with Gasteiger partial charge < -0.3 is 0 Å². The summed E-state index contributed by atoms with van der Waals surface area (Å²) in [7, 11) is 0. The maximum Gasteiger partial charge on any atom is 0.139 e. The molecule has 8 unspecified atom stereocenters. The molecule has 0 bridgehead atoms. The van der Waals surface area contributed by atoms with Crippen molar-refractivity contribution in [2.45, 2.75) is 120 Å². The van der Waals surface area contributed by atoms with Gasteiger partial charge in [0.15, 0.2) is 0 Å². The van der Waals surface area contributed by atoms with Crippen molar-refractivity contribution in [3.8, 4) is 0 Å². The SMILES string of the molecule is CC(C)CCCC(C)C1CCC2(C)C3CCC4C(C)(C)C(=O)CCC4(C)C3CC(=O)C12C. The Morgan fingerprint density at radius 2 is 1.53 bits per heavy atom. The van der Waals surface area contributed by atoms with Crippen molar-refractivity contribution in [3.63, 3.8) is 0 Å². The molecule has 2 heteroatoms. The number of carbonyl (C=O) groups excluding carboxylic acids is 2. The molecule has 4 rings (SSSR count). The second-order valence-corrected chi connectivity index (χ2v) is 14.2. The van der Waals surface area contributed by atoms with Crippen molar-refractivity contribution in [1.82, 2.24) is 0 Å². The van der Waals surface area contributed by atoms with E-state index in [0.29, 0.717) is 47.6 Å². The Labute approximate surface area is 198 Å². The first kappa shape index (κ1) is 24.5. The zero-order valence-corrected chi connectivity index (χ0v) is 22.4. The Morgan fingerprint density at radius 3 is 2.19 bits per heavy atom. The van der Waals surface area contributed by atoms with Crippen LogP contribution in [0.5, 0.6) is 0 Å². The molecule has 0 N–H and O–H groups in total. The highest BCUT2D eigenvalue weighted by atomic mass is 16.1. The molecule has 0 radical (unpaired) electrons. The smallest absolute Gasteiger partial charge is 0.139 e. The third-order valence-electron chi connectivity index (χ3n) is 12.2. The van der Waals surface area contributed by atoms with E-state index in [-0.39, 0.29) is 21.7 Å². The molecule has 0 amide bonds. The second kappa shape index (κ2) is 7.94. The Bertz CT molecular complexity index is 765. The highest BCUT2D eigenvalue weighted by Crippen LogP contribution is 2.73. The summed E-state index contributed by atoms with van der Waals surface area (Å²) in [5.74, 6) is 4.51. The molecule has 32 heavy (non-hydrogen) atoms. The van der Waals surface area contributed by atoms with Crippen LogP contribution < -0.4 is 0 Å². The summed E-state index contributed by atoms with van der Waals surface area (Å²) < 4.78 is 0. The Kier molecular flexibility index (Phi) is 6.07. The summed E-state index contributed by atoms with van der Waals surface area (Å²) in [5, 5.41) is 0. The number of fused-ring (bicyclic) bond motifs is 5. The van der Waals surface area contributed by atoms with Gasteiger partial charge in [-0.3, -0.25) is 9.59 Å². The molecule has 0 spiro atoms. The fraction of sp³-hybridized carbons (Fsp3) is 0.933. The van der Waals surface area contributed by atoms with Crippen LogP contribution in [-0.2, 0) is 9.59 Å². The van der Waals surface area contributed by atoms with Crippen molar-refractivity contribution < 1.29 is 9.59 Å². The lowest BCUT2D eigenvalue weighted by molar-refractivity contribution is -0.187. The first-order valence-corrected chi connectivity index (χ1v) is 13.9. The van der Waals surface area contributed by atoms with Gasteiger partial charge in [0.05, 0.1) is 0 Å². The molecule has 0 aromatic rings. The van der Waals surface area contributed by atoms with Crippen molar-refractivity contribution in [1.29, 1.82) is 0 Å². The highest BCUT2D eigenvalue weighted by Gasteiger charge is 2.70. The van der Waals surface area contributed by atoms with E-state index >= 15 is 0 Å². The van der Waals surface area contributed by atoms with Crippen LogP contribution in [0.2, 0.25) is 0 Å². The molecule has 4 aliphatic carbocycles. The molecule has 0 aliphatic heterocycles. The molecule has 0 aromatic heterocycles. The number of ketones is 2. The van der Waals surface area contributed by atoms with Crippen LogP contribution in [0.4, 0.5) is 0 Å². The lowest BCUT2D eigenvalue weighted by Gasteiger charge is -2.65. The van der Waals surface area contributed by atoms with E-state index in [4.69, 9.17) is 0 Å². The van der Waals surface area contributed by atoms with Crippen LogP contribution in [0.15, 0.2) is 0 Å². The van der Waals surface area contributed by atoms with Gasteiger partial charge in [-0.15, -0.1) is 0 Å². The molecule has 4 fully saturated rings. The minimum absolute atomic E-state index is 0.129. The quantitative estimate of drug-likeness (QED) is 0.434. The number of hydrogen-bond donors (Lipinski definition) is 0. The molecule has 4 saturated carbocycles. The zero-order chi connectivity index (χ0) is 23.7. The van der Waals surface area contributed by atoms with E-state index in [1.165, 1.54) is 44.9 Å². The average Bonchev–Trinajstić information content (AvgIpc) is 2.99. The van der Waals surface area contributed by atoms with E-state index in [1.54, 1.807) is 0 Å². The number of hydrogen-bond acceptors (Lipinski definition) is 2. The fourth-order valence-electron chi connectivity index (χ4n) is 10.0. The minimum Gasteiger partial charge on any atom is -0.299 e. The summed E-state index contributed by atoms with van der Waals surface area (Å²) in [6.45, 7) is 18.8. The van der Waals surface area contributed by atoms with E-state index in [2.05, 4.69) is 55.4 Å². The molecule has 182 valence electrons. The van der Waals surface area contributed by atoms with Crippen molar-refractivity contribution in [2.75, 3.05) is 0 Å². The maximum atomic E-state index is 14.1. The average molecular weight is 443 g/mol. The van der Waals surface area contributed by atoms with Crippen molar-refractivity contribution in [3.05, 3.63) is 0 Å². The number of Topliss-reactive ketones (excluding diaryl/α,β-unsaturated/α-hetero) is 2. The van der Waals surface area contributed by atoms with Gasteiger partial charge in [0.25, 0.3) is 0 Å². The lowest BCUT2D eigenvalue weighted by Crippen LogP contribution is -2.63. The van der Waals surface area contributed by atoms with E-state index in [1.807, 2.05) is 0 Å². The first-order valence-electron chi connectivity index (χ1n) is 13.9. The fourth-order valence-corrected chi connectivity index (χ4v) is 10.0. The number of rotatable bonds is 5. The van der Waals surface area contributed by atoms with Crippen LogP contribution in [0.3, 0.4) is 0 Å². The van der Waals surface area contributed by atoms with Crippen LogP contribution in [0.25, 0.3) is 0 Å². The summed E-state index contributed by atoms with van der Waals surface area (Å²) in [4.78, 5) is 26.9. The van der Waals surface area contributed by atoms with Gasteiger partial charge in [0.1, 0.15) is 11.6 Å². The van der Waals surface area contributed by atoms with Gasteiger partial charge in [-0.2, -0.15) is 0 Å². The van der Waals surface area contributed by atoms with Crippen LogP contribution >= 0.6 is 0 Å². The molecular formula is C30H50O2. The monoisotopic (exact) mass is 442 g/mol. The third-order valence-corrected chi connectivity index (χ3v) is 12.2. The summed E-state index contributed by atoms with van der Waals surface area (Å²) in [6.07, 6.45) is 11.2. The summed E-state index contributed by atoms with van der Waals surface area (Å²) >= 11 is 0. The van der Waals surface area contributed by atoms with Gasteiger partial charge in [-0.1, -0.05) is 74.7 Å². The highest BCUT2D eigenvalue weighted by molar-refractivity contribution is 5.88. The predicted octanol–water partition coefficient (Wildman–Crippen LogP) is 7.88. The number of carbonyl (C=O) groups is 2. The molecule has 8 atom stereocenters. The second-order valence-electron chi connectivity index (χ2n) is 14.2. The standard InChI is InChI=1S/C30H50O2/c1-19(2)10-9-11-20(3)21-14-17-29(7)22-12-13-24-27(4,5)25(31)15-16-28(24,6)23(22)18-26(32)30(21,29)8/h19-24H,9-18H2,1-8H3. The third kappa shape index (κ3) is 3.24. The van der Waals surface area contributed by atoms with E-state index in [9.17, 15) is 9.59 Å². The van der Waals surface area contributed by atoms with Gasteiger partial charge in [0, 0.05) is 23.7 Å². The zero-order valence-electron chi connectivity index (χ0n) is 22.4. The van der Waals surface area contributed by atoms with Crippen LogP contribution in [-0.4, -0.2) is 11.6 Å². The van der Waals surface area contributed by atoms with Gasteiger partial charge in [0.2, 0.25) is 0 Å². The van der Waals surface area contributed by atoms with Crippen LogP contribution in [0, 0.1) is 57.2 Å². The Balaban J connectivity index is 1.62. The largest absolute Gasteiger partial charge is 0.299 e. The molecule has 4 aliphatic rings. The van der Waals surface area contributed by atoms with Crippen molar-refractivity contribution in [2.24, 2.45) is 57.2 Å². The van der Waals surface area contributed by atoms with Gasteiger partial charge in [-0.05, 0) is 78.4 Å². The minimum atomic E-state index is -0.230. The Hall–Kier alpha value is -0.660. The predicted molar refractivity (Wildman–Crippen MR) is 132 cm³/mol. The molecule has 0 saturated heterocycles. The van der Waals surface area contributed by atoms with Crippen molar-refractivity contribution >= 4 is 11.6 Å². The molecule has 2 nitrogen and oxygen atoms in total. The molecule has 0 heterocycles. The lowest BCUT2D eigenvalue weighted by atomic mass is 9.38. The molecular weight excluding hydrogens is 392 g/mol.